The summed E-state index contributed by atoms with van der Waals surface area (Å²) in [6.45, 7) is 5.65. The third-order valence-corrected chi connectivity index (χ3v) is 3.88. The van der Waals surface area contributed by atoms with E-state index in [1.54, 1.807) is 7.11 Å². The van der Waals surface area contributed by atoms with Gasteiger partial charge < -0.3 is 10.1 Å². The second-order valence-corrected chi connectivity index (χ2v) is 5.64. The molecule has 0 atom stereocenters. The van der Waals surface area contributed by atoms with Gasteiger partial charge in [0.15, 0.2) is 0 Å². The molecular weight excluding hydrogens is 224 g/mol. The van der Waals surface area contributed by atoms with E-state index in [2.05, 4.69) is 16.3 Å². The van der Waals surface area contributed by atoms with Gasteiger partial charge in [-0.15, -0.1) is 0 Å². The lowest BCUT2D eigenvalue weighted by Gasteiger charge is -2.26. The van der Waals surface area contributed by atoms with Gasteiger partial charge in [0.05, 0.1) is 6.61 Å². The van der Waals surface area contributed by atoms with Crippen molar-refractivity contribution in [3.63, 3.8) is 0 Å². The number of rotatable bonds is 9. The lowest BCUT2D eigenvalue weighted by molar-refractivity contribution is 0.211. The second kappa shape index (κ2) is 7.93. The lowest BCUT2D eigenvalue weighted by atomic mass is 10.1. The highest BCUT2D eigenvalue weighted by atomic mass is 16.5. The topological polar surface area (TPSA) is 24.5 Å². The van der Waals surface area contributed by atoms with E-state index in [1.807, 2.05) is 0 Å². The fourth-order valence-electron chi connectivity index (χ4n) is 2.50. The van der Waals surface area contributed by atoms with Crippen LogP contribution in [0, 0.1) is 0 Å². The summed E-state index contributed by atoms with van der Waals surface area (Å²) in [6, 6.07) is 0.872. The first kappa shape index (κ1) is 14.0. The average Bonchev–Trinajstić information content (AvgIpc) is 3.20. The van der Waals surface area contributed by atoms with Crippen LogP contribution in [0.2, 0.25) is 0 Å². The molecule has 0 unspecified atom stereocenters. The Kier molecular flexibility index (Phi) is 6.18. The smallest absolute Gasteiger partial charge is 0.0673 e. The van der Waals surface area contributed by atoms with Crippen molar-refractivity contribution in [3.8, 4) is 0 Å². The zero-order valence-electron chi connectivity index (χ0n) is 11.8. The third kappa shape index (κ3) is 5.51. The monoisotopic (exact) mass is 252 g/mol. The van der Waals surface area contributed by atoms with Crippen molar-refractivity contribution in [3.05, 3.63) is 11.6 Å². The fraction of sp³-hybridized carbons (Fsp3) is 0.867. The first-order valence-electron chi connectivity index (χ1n) is 7.51. The molecule has 0 saturated heterocycles. The zero-order chi connectivity index (χ0) is 12.6. The molecule has 0 aromatic heterocycles. The molecule has 2 aliphatic rings. The fourth-order valence-corrected chi connectivity index (χ4v) is 2.50. The van der Waals surface area contributed by atoms with E-state index in [4.69, 9.17) is 4.74 Å². The number of hydrogen-bond acceptors (Lipinski definition) is 3. The van der Waals surface area contributed by atoms with Crippen LogP contribution in [0.3, 0.4) is 0 Å². The summed E-state index contributed by atoms with van der Waals surface area (Å²) in [4.78, 5) is 2.56. The summed E-state index contributed by atoms with van der Waals surface area (Å²) in [7, 11) is 1.78. The molecule has 0 spiro atoms. The Balaban J connectivity index is 1.44. The summed E-state index contributed by atoms with van der Waals surface area (Å²) in [5.41, 5.74) is 1.47. The van der Waals surface area contributed by atoms with Crippen molar-refractivity contribution < 1.29 is 4.74 Å². The maximum atomic E-state index is 5.17. The standard InChI is InChI=1S/C15H28N2O/c1-18-13-14-7-11-17(12-8-14)10-4-2-3-9-16-15-5-6-15/h7,15-16H,2-6,8-13H2,1H3. The Morgan fingerprint density at radius 3 is 2.89 bits per heavy atom. The summed E-state index contributed by atoms with van der Waals surface area (Å²) in [5, 5.41) is 3.58. The van der Waals surface area contributed by atoms with Gasteiger partial charge in [-0.1, -0.05) is 12.5 Å². The Bertz CT molecular complexity index is 261. The van der Waals surface area contributed by atoms with Crippen molar-refractivity contribution in [2.75, 3.05) is 39.9 Å². The van der Waals surface area contributed by atoms with Crippen molar-refractivity contribution in [1.82, 2.24) is 10.2 Å². The van der Waals surface area contributed by atoms with Gasteiger partial charge in [0.25, 0.3) is 0 Å². The maximum Gasteiger partial charge on any atom is 0.0673 e. The summed E-state index contributed by atoms with van der Waals surface area (Å²) < 4.78 is 5.17. The molecule has 0 radical (unpaired) electrons. The summed E-state index contributed by atoms with van der Waals surface area (Å²) >= 11 is 0. The predicted octanol–water partition coefficient (Wildman–Crippen LogP) is 2.19. The minimum atomic E-state index is 0.820. The first-order valence-corrected chi connectivity index (χ1v) is 7.51. The molecule has 0 aromatic rings. The zero-order valence-corrected chi connectivity index (χ0v) is 11.8. The van der Waals surface area contributed by atoms with E-state index in [9.17, 15) is 0 Å². The van der Waals surface area contributed by atoms with Crippen LogP contribution in [0.15, 0.2) is 11.6 Å². The number of hydrogen-bond donors (Lipinski definition) is 1. The molecule has 1 saturated carbocycles. The maximum absolute atomic E-state index is 5.17. The molecule has 104 valence electrons. The van der Waals surface area contributed by atoms with E-state index in [0.717, 1.165) is 19.2 Å². The summed E-state index contributed by atoms with van der Waals surface area (Å²) in [6.07, 6.45) is 10.4. The third-order valence-electron chi connectivity index (χ3n) is 3.88. The number of nitrogens with zero attached hydrogens (tertiary/aromatic N) is 1. The van der Waals surface area contributed by atoms with Crippen LogP contribution in [0.4, 0.5) is 0 Å². The lowest BCUT2D eigenvalue weighted by Crippen LogP contribution is -2.30. The van der Waals surface area contributed by atoms with Gasteiger partial charge in [-0.25, -0.2) is 0 Å². The van der Waals surface area contributed by atoms with E-state index in [-0.39, 0.29) is 0 Å². The summed E-state index contributed by atoms with van der Waals surface area (Å²) in [5.74, 6) is 0. The van der Waals surface area contributed by atoms with Crippen LogP contribution in [0.1, 0.15) is 38.5 Å². The predicted molar refractivity (Wildman–Crippen MR) is 75.9 cm³/mol. The first-order chi connectivity index (χ1) is 8.88. The van der Waals surface area contributed by atoms with Crippen molar-refractivity contribution >= 4 is 0 Å². The molecular formula is C15H28N2O. The number of unbranched alkanes of at least 4 members (excludes halogenated alkanes) is 2. The van der Waals surface area contributed by atoms with Gasteiger partial charge in [-0.05, 0) is 50.8 Å². The molecule has 1 N–H and O–H groups in total. The van der Waals surface area contributed by atoms with Gasteiger partial charge in [0.1, 0.15) is 0 Å². The number of methoxy groups -OCH3 is 1. The molecule has 0 bridgehead atoms. The van der Waals surface area contributed by atoms with Gasteiger partial charge >= 0.3 is 0 Å². The SMILES string of the molecule is COCC1=CCN(CCCCCNC2CC2)CC1. The Hall–Kier alpha value is -0.380. The number of ether oxygens (including phenoxy) is 1. The van der Waals surface area contributed by atoms with Crippen LogP contribution >= 0.6 is 0 Å². The molecule has 18 heavy (non-hydrogen) atoms. The van der Waals surface area contributed by atoms with Crippen molar-refractivity contribution in [2.24, 2.45) is 0 Å². The molecule has 3 nitrogen and oxygen atoms in total. The van der Waals surface area contributed by atoms with Crippen molar-refractivity contribution in [1.29, 1.82) is 0 Å². The highest BCUT2D eigenvalue weighted by Crippen LogP contribution is 2.18. The highest BCUT2D eigenvalue weighted by molar-refractivity contribution is 5.07. The van der Waals surface area contributed by atoms with E-state index >= 15 is 0 Å². The van der Waals surface area contributed by atoms with Crippen LogP contribution in [0.5, 0.6) is 0 Å². The van der Waals surface area contributed by atoms with Crippen LogP contribution in [-0.2, 0) is 4.74 Å². The Labute approximate surface area is 112 Å². The van der Waals surface area contributed by atoms with Crippen LogP contribution < -0.4 is 5.32 Å². The van der Waals surface area contributed by atoms with Crippen LogP contribution in [-0.4, -0.2) is 50.8 Å². The van der Waals surface area contributed by atoms with E-state index in [0.29, 0.717) is 0 Å². The molecule has 0 amide bonds. The highest BCUT2D eigenvalue weighted by Gasteiger charge is 2.19. The van der Waals surface area contributed by atoms with E-state index in [1.165, 1.54) is 63.7 Å². The van der Waals surface area contributed by atoms with Gasteiger partial charge in [-0.2, -0.15) is 0 Å². The second-order valence-electron chi connectivity index (χ2n) is 5.64. The van der Waals surface area contributed by atoms with Gasteiger partial charge in [0.2, 0.25) is 0 Å². The van der Waals surface area contributed by atoms with E-state index < -0.39 is 0 Å². The minimum Gasteiger partial charge on any atom is -0.380 e. The molecule has 1 aliphatic carbocycles. The molecule has 1 heterocycles. The molecule has 0 aromatic carbocycles. The Morgan fingerprint density at radius 1 is 1.33 bits per heavy atom. The normalized spacial score (nSPS) is 21.1. The molecule has 2 rings (SSSR count). The molecule has 3 heteroatoms. The van der Waals surface area contributed by atoms with Gasteiger partial charge in [-0.3, -0.25) is 4.90 Å². The molecule has 1 aliphatic heterocycles. The quantitative estimate of drug-likeness (QED) is 0.503. The Morgan fingerprint density at radius 2 is 2.22 bits per heavy atom. The molecule has 1 fully saturated rings. The minimum absolute atomic E-state index is 0.820. The average molecular weight is 252 g/mol. The number of nitrogens with one attached hydrogen (secondary N) is 1. The van der Waals surface area contributed by atoms with Gasteiger partial charge in [0, 0.05) is 26.2 Å². The largest absolute Gasteiger partial charge is 0.380 e. The van der Waals surface area contributed by atoms with Crippen molar-refractivity contribution in [2.45, 2.75) is 44.6 Å². The van der Waals surface area contributed by atoms with Crippen LogP contribution in [0.25, 0.3) is 0 Å².